The fraction of sp³-hybridized carbons (Fsp3) is 0.571. The summed E-state index contributed by atoms with van der Waals surface area (Å²) < 4.78 is 5.93. The van der Waals surface area contributed by atoms with Crippen LogP contribution in [-0.4, -0.2) is 6.10 Å². The van der Waals surface area contributed by atoms with Gasteiger partial charge in [0.05, 0.1) is 12.7 Å². The number of benzene rings is 1. The summed E-state index contributed by atoms with van der Waals surface area (Å²) >= 11 is 0. The van der Waals surface area contributed by atoms with Crippen LogP contribution < -0.4 is 0 Å². The Labute approximate surface area is 92.5 Å². The van der Waals surface area contributed by atoms with Crippen molar-refractivity contribution in [2.75, 3.05) is 0 Å². The van der Waals surface area contributed by atoms with E-state index in [1.165, 1.54) is 36.8 Å². The zero-order valence-electron chi connectivity index (χ0n) is 9.54. The van der Waals surface area contributed by atoms with E-state index in [-0.39, 0.29) is 0 Å². The molecule has 0 unspecified atom stereocenters. The molecule has 0 bridgehead atoms. The smallest absolute Gasteiger partial charge is 0.0723 e. The molecule has 1 aliphatic carbocycles. The van der Waals surface area contributed by atoms with E-state index in [0.29, 0.717) is 6.10 Å². The minimum absolute atomic E-state index is 0.523. The van der Waals surface area contributed by atoms with Gasteiger partial charge >= 0.3 is 0 Å². The van der Waals surface area contributed by atoms with Crippen molar-refractivity contribution in [3.63, 3.8) is 0 Å². The lowest BCUT2D eigenvalue weighted by atomic mass is 10.1. The minimum atomic E-state index is 0.523. The molecule has 0 aliphatic heterocycles. The SMILES string of the molecule is CCc1ccccc1COC1CCCC1. The molecule has 0 atom stereocenters. The molecule has 82 valence electrons. The molecule has 0 N–H and O–H groups in total. The average Bonchev–Trinajstić information content (AvgIpc) is 2.79. The molecule has 1 aromatic carbocycles. The lowest BCUT2D eigenvalue weighted by Crippen LogP contribution is -2.08. The molecule has 15 heavy (non-hydrogen) atoms. The topological polar surface area (TPSA) is 9.23 Å². The van der Waals surface area contributed by atoms with Gasteiger partial charge in [0.25, 0.3) is 0 Å². The van der Waals surface area contributed by atoms with Crippen LogP contribution in [0.1, 0.15) is 43.7 Å². The largest absolute Gasteiger partial charge is 0.374 e. The van der Waals surface area contributed by atoms with Gasteiger partial charge in [0, 0.05) is 0 Å². The predicted molar refractivity (Wildman–Crippen MR) is 62.9 cm³/mol. The van der Waals surface area contributed by atoms with Gasteiger partial charge in [0.2, 0.25) is 0 Å². The third kappa shape index (κ3) is 2.82. The molecule has 1 saturated carbocycles. The van der Waals surface area contributed by atoms with Crippen molar-refractivity contribution in [1.29, 1.82) is 0 Å². The summed E-state index contributed by atoms with van der Waals surface area (Å²) in [6, 6.07) is 8.60. The summed E-state index contributed by atoms with van der Waals surface area (Å²) in [5.41, 5.74) is 2.79. The van der Waals surface area contributed by atoms with Gasteiger partial charge in [-0.3, -0.25) is 0 Å². The minimum Gasteiger partial charge on any atom is -0.374 e. The molecule has 1 aromatic rings. The first-order valence-corrected chi connectivity index (χ1v) is 6.08. The standard InChI is InChI=1S/C14H20O/c1-2-12-7-3-4-8-13(12)11-15-14-9-5-6-10-14/h3-4,7-8,14H,2,5-6,9-11H2,1H3. The highest BCUT2D eigenvalue weighted by Gasteiger charge is 2.15. The van der Waals surface area contributed by atoms with Crippen LogP contribution in [0.3, 0.4) is 0 Å². The number of ether oxygens (including phenoxy) is 1. The van der Waals surface area contributed by atoms with Crippen LogP contribution in [0.15, 0.2) is 24.3 Å². The molecule has 0 spiro atoms. The number of aryl methyl sites for hydroxylation is 1. The van der Waals surface area contributed by atoms with E-state index in [9.17, 15) is 0 Å². The summed E-state index contributed by atoms with van der Waals surface area (Å²) in [6.07, 6.45) is 6.84. The van der Waals surface area contributed by atoms with Crippen LogP contribution in [0.4, 0.5) is 0 Å². The van der Waals surface area contributed by atoms with Crippen molar-refractivity contribution >= 4 is 0 Å². The molecule has 1 heteroatoms. The predicted octanol–water partition coefficient (Wildman–Crippen LogP) is 3.71. The van der Waals surface area contributed by atoms with Crippen molar-refractivity contribution < 1.29 is 4.74 Å². The third-order valence-corrected chi connectivity index (χ3v) is 3.28. The maximum Gasteiger partial charge on any atom is 0.0723 e. The fourth-order valence-electron chi connectivity index (χ4n) is 2.31. The van der Waals surface area contributed by atoms with E-state index in [0.717, 1.165) is 13.0 Å². The molecule has 0 heterocycles. The van der Waals surface area contributed by atoms with Gasteiger partial charge < -0.3 is 4.74 Å². The Kier molecular flexibility index (Phi) is 3.79. The van der Waals surface area contributed by atoms with Crippen molar-refractivity contribution in [2.45, 2.75) is 51.7 Å². The van der Waals surface area contributed by atoms with E-state index in [1.807, 2.05) is 0 Å². The normalized spacial score (nSPS) is 17.1. The Morgan fingerprint density at radius 2 is 1.80 bits per heavy atom. The molecule has 0 radical (unpaired) electrons. The second-order valence-electron chi connectivity index (χ2n) is 4.34. The van der Waals surface area contributed by atoms with E-state index >= 15 is 0 Å². The summed E-state index contributed by atoms with van der Waals surface area (Å²) in [4.78, 5) is 0. The van der Waals surface area contributed by atoms with Crippen molar-refractivity contribution in [1.82, 2.24) is 0 Å². The zero-order valence-corrected chi connectivity index (χ0v) is 9.54. The maximum absolute atomic E-state index is 5.93. The van der Waals surface area contributed by atoms with Crippen LogP contribution in [0.2, 0.25) is 0 Å². The molecular weight excluding hydrogens is 184 g/mol. The van der Waals surface area contributed by atoms with E-state index in [2.05, 4.69) is 31.2 Å². The number of rotatable bonds is 4. The van der Waals surface area contributed by atoms with Gasteiger partial charge in [-0.25, -0.2) is 0 Å². The average molecular weight is 204 g/mol. The van der Waals surface area contributed by atoms with E-state index in [4.69, 9.17) is 4.74 Å². The Balaban J connectivity index is 1.91. The van der Waals surface area contributed by atoms with Crippen LogP contribution >= 0.6 is 0 Å². The quantitative estimate of drug-likeness (QED) is 0.726. The zero-order chi connectivity index (χ0) is 10.5. The summed E-state index contributed by atoms with van der Waals surface area (Å²) in [5, 5.41) is 0. The van der Waals surface area contributed by atoms with Crippen LogP contribution in [0.25, 0.3) is 0 Å². The van der Waals surface area contributed by atoms with Crippen LogP contribution in [0, 0.1) is 0 Å². The van der Waals surface area contributed by atoms with Crippen LogP contribution in [-0.2, 0) is 17.8 Å². The lowest BCUT2D eigenvalue weighted by Gasteiger charge is -2.13. The molecule has 1 fully saturated rings. The molecule has 0 saturated heterocycles. The van der Waals surface area contributed by atoms with E-state index in [1.54, 1.807) is 0 Å². The van der Waals surface area contributed by atoms with Gasteiger partial charge in [-0.2, -0.15) is 0 Å². The Morgan fingerprint density at radius 3 is 2.47 bits per heavy atom. The van der Waals surface area contributed by atoms with Gasteiger partial charge in [0.1, 0.15) is 0 Å². The molecule has 1 nitrogen and oxygen atoms in total. The van der Waals surface area contributed by atoms with Crippen molar-refractivity contribution in [3.8, 4) is 0 Å². The van der Waals surface area contributed by atoms with Crippen molar-refractivity contribution in [3.05, 3.63) is 35.4 Å². The summed E-state index contributed by atoms with van der Waals surface area (Å²) in [5.74, 6) is 0. The highest BCUT2D eigenvalue weighted by atomic mass is 16.5. The Hall–Kier alpha value is -0.820. The van der Waals surface area contributed by atoms with Gasteiger partial charge in [0.15, 0.2) is 0 Å². The molecule has 2 rings (SSSR count). The second kappa shape index (κ2) is 5.32. The third-order valence-electron chi connectivity index (χ3n) is 3.28. The van der Waals surface area contributed by atoms with Gasteiger partial charge in [-0.05, 0) is 30.4 Å². The highest BCUT2D eigenvalue weighted by Crippen LogP contribution is 2.22. The first-order valence-electron chi connectivity index (χ1n) is 6.08. The van der Waals surface area contributed by atoms with Crippen molar-refractivity contribution in [2.24, 2.45) is 0 Å². The van der Waals surface area contributed by atoms with Crippen LogP contribution in [0.5, 0.6) is 0 Å². The van der Waals surface area contributed by atoms with E-state index < -0.39 is 0 Å². The molecule has 0 amide bonds. The maximum atomic E-state index is 5.93. The number of hydrogen-bond donors (Lipinski definition) is 0. The second-order valence-corrected chi connectivity index (χ2v) is 4.34. The Morgan fingerprint density at radius 1 is 1.13 bits per heavy atom. The van der Waals surface area contributed by atoms with Gasteiger partial charge in [-0.1, -0.05) is 44.0 Å². The number of hydrogen-bond acceptors (Lipinski definition) is 1. The summed E-state index contributed by atoms with van der Waals surface area (Å²) in [7, 11) is 0. The lowest BCUT2D eigenvalue weighted by molar-refractivity contribution is 0.0453. The summed E-state index contributed by atoms with van der Waals surface area (Å²) in [6.45, 7) is 3.00. The highest BCUT2D eigenvalue weighted by molar-refractivity contribution is 5.26. The monoisotopic (exact) mass is 204 g/mol. The Bertz CT molecular complexity index is 300. The first-order chi connectivity index (χ1) is 7.40. The fourth-order valence-corrected chi connectivity index (χ4v) is 2.31. The molecular formula is C14H20O. The molecule has 1 aliphatic rings. The first kappa shape index (κ1) is 10.7. The van der Waals surface area contributed by atoms with Gasteiger partial charge in [-0.15, -0.1) is 0 Å². The molecule has 0 aromatic heterocycles.